The number of benzene rings is 2. The van der Waals surface area contributed by atoms with Crippen LogP contribution < -0.4 is 14.4 Å². The quantitative estimate of drug-likeness (QED) is 0.594. The Bertz CT molecular complexity index is 1230. The monoisotopic (exact) mass is 458 g/mol. The minimum Gasteiger partial charge on any atom is -0.454 e. The first-order valence-corrected chi connectivity index (χ1v) is 11.6. The van der Waals surface area contributed by atoms with Crippen LogP contribution in [0.1, 0.15) is 0 Å². The van der Waals surface area contributed by atoms with Crippen molar-refractivity contribution in [2.45, 2.75) is 4.90 Å². The van der Waals surface area contributed by atoms with Gasteiger partial charge in [0, 0.05) is 43.0 Å². The lowest BCUT2D eigenvalue weighted by Gasteiger charge is -2.34. The number of nitrogens with zero attached hydrogens (tertiary/aromatic N) is 4. The molecule has 2 aliphatic rings. The zero-order valence-corrected chi connectivity index (χ0v) is 18.0. The Morgan fingerprint density at radius 1 is 0.935 bits per heavy atom. The van der Waals surface area contributed by atoms with Crippen molar-refractivity contribution in [2.24, 2.45) is 0 Å². The van der Waals surface area contributed by atoms with Gasteiger partial charge >= 0.3 is 0 Å². The van der Waals surface area contributed by atoms with Crippen LogP contribution in [0.3, 0.4) is 0 Å². The van der Waals surface area contributed by atoms with Crippen molar-refractivity contribution in [1.82, 2.24) is 14.3 Å². The number of anilines is 1. The lowest BCUT2D eigenvalue weighted by molar-refractivity contribution is 0.174. The van der Waals surface area contributed by atoms with Crippen molar-refractivity contribution >= 4 is 27.6 Å². The third-order valence-corrected chi connectivity index (χ3v) is 7.40. The van der Waals surface area contributed by atoms with Gasteiger partial charge in [0.15, 0.2) is 11.5 Å². The van der Waals surface area contributed by atoms with Crippen LogP contribution in [-0.2, 0) is 10.0 Å². The number of halogens is 1. The molecule has 160 valence electrons. The first-order valence-electron chi connectivity index (χ1n) is 9.74. The molecule has 0 bridgehead atoms. The van der Waals surface area contributed by atoms with Gasteiger partial charge in [-0.2, -0.15) is 4.31 Å². The van der Waals surface area contributed by atoms with Gasteiger partial charge in [-0.1, -0.05) is 17.7 Å². The molecule has 0 radical (unpaired) electrons. The predicted molar refractivity (Wildman–Crippen MR) is 116 cm³/mol. The second-order valence-electron chi connectivity index (χ2n) is 7.16. The Kier molecular flexibility index (Phi) is 5.17. The molecule has 1 aromatic heterocycles. The van der Waals surface area contributed by atoms with E-state index >= 15 is 0 Å². The normalized spacial score (nSPS) is 16.5. The van der Waals surface area contributed by atoms with Crippen LogP contribution in [0.25, 0.3) is 11.3 Å². The molecular weight excluding hydrogens is 440 g/mol. The highest BCUT2D eigenvalue weighted by Gasteiger charge is 2.29. The average molecular weight is 459 g/mol. The summed E-state index contributed by atoms with van der Waals surface area (Å²) in [5.41, 5.74) is 1.66. The molecular formula is C21H19ClN4O4S. The van der Waals surface area contributed by atoms with Crippen molar-refractivity contribution in [3.63, 3.8) is 0 Å². The van der Waals surface area contributed by atoms with Crippen LogP contribution >= 0.6 is 11.6 Å². The second kappa shape index (κ2) is 7.99. The van der Waals surface area contributed by atoms with E-state index in [0.29, 0.717) is 42.9 Å². The van der Waals surface area contributed by atoms with E-state index in [4.69, 9.17) is 21.1 Å². The fourth-order valence-electron chi connectivity index (χ4n) is 3.62. The Labute approximate surface area is 185 Å². The fourth-order valence-corrected chi connectivity index (χ4v) is 5.35. The summed E-state index contributed by atoms with van der Waals surface area (Å²) >= 11 is 5.97. The number of aromatic nitrogens is 2. The summed E-state index contributed by atoms with van der Waals surface area (Å²) < 4.78 is 38.1. The number of hydrogen-bond acceptors (Lipinski definition) is 7. The van der Waals surface area contributed by atoms with Crippen molar-refractivity contribution in [3.8, 4) is 22.8 Å². The van der Waals surface area contributed by atoms with Gasteiger partial charge < -0.3 is 14.4 Å². The smallest absolute Gasteiger partial charge is 0.243 e. The van der Waals surface area contributed by atoms with E-state index in [1.165, 1.54) is 10.4 Å². The first kappa shape index (κ1) is 20.0. The van der Waals surface area contributed by atoms with E-state index in [1.54, 1.807) is 24.4 Å². The highest BCUT2D eigenvalue weighted by atomic mass is 35.5. The fraction of sp³-hybridized carbons (Fsp3) is 0.238. The number of ether oxygens (including phenoxy) is 2. The van der Waals surface area contributed by atoms with Crippen LogP contribution in [0.4, 0.5) is 5.95 Å². The van der Waals surface area contributed by atoms with E-state index in [2.05, 4.69) is 9.97 Å². The molecule has 0 atom stereocenters. The summed E-state index contributed by atoms with van der Waals surface area (Å²) in [7, 11) is -3.59. The summed E-state index contributed by atoms with van der Waals surface area (Å²) in [4.78, 5) is 11.3. The van der Waals surface area contributed by atoms with Gasteiger partial charge in [0.2, 0.25) is 22.8 Å². The summed E-state index contributed by atoms with van der Waals surface area (Å²) in [6.45, 7) is 1.88. The third kappa shape index (κ3) is 3.91. The van der Waals surface area contributed by atoms with Gasteiger partial charge in [-0.05, 0) is 42.5 Å². The zero-order valence-electron chi connectivity index (χ0n) is 16.4. The lowest BCUT2D eigenvalue weighted by Crippen LogP contribution is -2.49. The van der Waals surface area contributed by atoms with E-state index in [0.717, 1.165) is 17.0 Å². The highest BCUT2D eigenvalue weighted by molar-refractivity contribution is 7.89. The molecule has 10 heteroatoms. The summed E-state index contributed by atoms with van der Waals surface area (Å²) in [6.07, 6.45) is 1.71. The maximum atomic E-state index is 12.9. The molecule has 0 spiro atoms. The molecule has 0 N–H and O–H groups in total. The molecule has 0 saturated carbocycles. The Hall–Kier alpha value is -2.88. The van der Waals surface area contributed by atoms with Gasteiger partial charge in [0.25, 0.3) is 0 Å². The third-order valence-electron chi connectivity index (χ3n) is 5.27. The molecule has 2 aromatic carbocycles. The molecule has 0 amide bonds. The minimum atomic E-state index is -3.59. The molecule has 3 heterocycles. The van der Waals surface area contributed by atoms with Gasteiger partial charge in [-0.3, -0.25) is 0 Å². The van der Waals surface area contributed by atoms with Crippen LogP contribution in [0.15, 0.2) is 59.6 Å². The lowest BCUT2D eigenvalue weighted by atomic mass is 10.1. The largest absolute Gasteiger partial charge is 0.454 e. The van der Waals surface area contributed by atoms with Crippen LogP contribution in [0, 0.1) is 0 Å². The number of sulfonamides is 1. The van der Waals surface area contributed by atoms with Crippen LogP contribution in [0.5, 0.6) is 11.5 Å². The van der Waals surface area contributed by atoms with E-state index < -0.39 is 10.0 Å². The number of rotatable bonds is 4. The SMILES string of the molecule is O=S(=O)(c1cccc(Cl)c1)N1CCN(c2nccc(-c3ccc4c(c3)OCO4)n2)CC1. The second-order valence-corrected chi connectivity index (χ2v) is 9.53. The molecule has 1 saturated heterocycles. The number of hydrogen-bond donors (Lipinski definition) is 0. The van der Waals surface area contributed by atoms with Crippen molar-refractivity contribution in [3.05, 3.63) is 59.8 Å². The molecule has 0 aliphatic carbocycles. The number of piperazine rings is 1. The molecule has 5 rings (SSSR count). The molecule has 0 unspecified atom stereocenters. The Morgan fingerprint density at radius 2 is 1.74 bits per heavy atom. The van der Waals surface area contributed by atoms with E-state index in [9.17, 15) is 8.42 Å². The van der Waals surface area contributed by atoms with Gasteiger partial charge in [-0.25, -0.2) is 18.4 Å². The molecule has 1 fully saturated rings. The summed E-state index contributed by atoms with van der Waals surface area (Å²) in [5.74, 6) is 1.97. The van der Waals surface area contributed by atoms with Gasteiger partial charge in [-0.15, -0.1) is 0 Å². The van der Waals surface area contributed by atoms with Crippen molar-refractivity contribution in [1.29, 1.82) is 0 Å². The van der Waals surface area contributed by atoms with Crippen LogP contribution in [0.2, 0.25) is 5.02 Å². The molecule has 8 nitrogen and oxygen atoms in total. The number of fused-ring (bicyclic) bond motifs is 1. The van der Waals surface area contributed by atoms with Gasteiger partial charge in [0.1, 0.15) is 0 Å². The minimum absolute atomic E-state index is 0.203. The first-order chi connectivity index (χ1) is 15.0. The van der Waals surface area contributed by atoms with Crippen molar-refractivity contribution < 1.29 is 17.9 Å². The van der Waals surface area contributed by atoms with Crippen molar-refractivity contribution in [2.75, 3.05) is 37.9 Å². The molecule has 3 aromatic rings. The topological polar surface area (TPSA) is 84.9 Å². The van der Waals surface area contributed by atoms with Crippen LogP contribution in [-0.4, -0.2) is 55.7 Å². The highest BCUT2D eigenvalue weighted by Crippen LogP contribution is 2.35. The maximum absolute atomic E-state index is 12.9. The van der Waals surface area contributed by atoms with E-state index in [1.807, 2.05) is 29.2 Å². The zero-order chi connectivity index (χ0) is 21.4. The summed E-state index contributed by atoms with van der Waals surface area (Å²) in [6, 6.07) is 13.8. The molecule has 31 heavy (non-hydrogen) atoms. The average Bonchev–Trinajstić information content (AvgIpc) is 3.27. The standard InChI is InChI=1S/C21H19ClN4O4S/c22-16-2-1-3-17(13-16)31(27,28)26-10-8-25(9-11-26)21-23-7-6-18(24-21)15-4-5-19-20(12-15)30-14-29-19/h1-7,12-13H,8-11,14H2. The summed E-state index contributed by atoms with van der Waals surface area (Å²) in [5, 5.41) is 0.397. The maximum Gasteiger partial charge on any atom is 0.243 e. The Morgan fingerprint density at radius 3 is 2.55 bits per heavy atom. The van der Waals surface area contributed by atoms with E-state index in [-0.39, 0.29) is 11.7 Å². The predicted octanol–water partition coefficient (Wildman–Crippen LogP) is 3.04. The van der Waals surface area contributed by atoms with Gasteiger partial charge in [0.05, 0.1) is 10.6 Å². The molecule has 2 aliphatic heterocycles. The Balaban J connectivity index is 1.32.